The molecular weight excluding hydrogens is 455 g/mol. The Morgan fingerprint density at radius 2 is 1.89 bits per heavy atom. The van der Waals surface area contributed by atoms with Crippen molar-refractivity contribution in [3.63, 3.8) is 0 Å². The fraction of sp³-hybridized carbons (Fsp3) is 0.474. The molecule has 0 radical (unpaired) electrons. The summed E-state index contributed by atoms with van der Waals surface area (Å²) in [4.78, 5) is 9.15. The highest BCUT2D eigenvalue weighted by Crippen LogP contribution is 2.07. The Bertz CT molecular complexity index is 656. The van der Waals surface area contributed by atoms with Crippen molar-refractivity contribution in [2.45, 2.75) is 13.0 Å². The smallest absolute Gasteiger partial charge is 0.193 e. The number of hydrogen-bond donors (Lipinski definition) is 2. The second-order valence-electron chi connectivity index (χ2n) is 6.37. The molecule has 0 atom stereocenters. The van der Waals surface area contributed by atoms with Crippen LogP contribution in [0.5, 0.6) is 0 Å². The third-order valence-corrected chi connectivity index (χ3v) is 4.50. The molecule has 0 unspecified atom stereocenters. The summed E-state index contributed by atoms with van der Waals surface area (Å²) in [6.07, 6.45) is 2.67. The molecule has 2 aromatic rings. The average molecular weight is 484 g/mol. The first-order valence-corrected chi connectivity index (χ1v) is 9.21. The number of piperazine rings is 1. The number of aromatic nitrogens is 1. The number of hydrogen-bond acceptors (Lipinski definition) is 5. The molecular formula is C19H29IN6O. The fourth-order valence-corrected chi connectivity index (χ4v) is 3.08. The number of benzene rings is 1. The van der Waals surface area contributed by atoms with Crippen molar-refractivity contribution < 1.29 is 4.52 Å². The van der Waals surface area contributed by atoms with Crippen molar-refractivity contribution >= 4 is 35.6 Å². The van der Waals surface area contributed by atoms with E-state index in [0.717, 1.165) is 63.9 Å². The van der Waals surface area contributed by atoms with E-state index < -0.39 is 0 Å². The van der Waals surface area contributed by atoms with E-state index in [2.05, 4.69) is 42.7 Å². The number of aliphatic imine (C=N–C) groups is 1. The van der Waals surface area contributed by atoms with Gasteiger partial charge >= 0.3 is 0 Å². The van der Waals surface area contributed by atoms with Crippen LogP contribution in [0.25, 0.3) is 0 Å². The van der Waals surface area contributed by atoms with Gasteiger partial charge in [-0.2, -0.15) is 0 Å². The molecule has 1 aromatic heterocycles. The summed E-state index contributed by atoms with van der Waals surface area (Å²) in [7, 11) is 1.85. The molecule has 0 bridgehead atoms. The van der Waals surface area contributed by atoms with Crippen LogP contribution in [-0.4, -0.2) is 67.2 Å². The molecule has 2 heterocycles. The van der Waals surface area contributed by atoms with E-state index in [1.165, 1.54) is 5.69 Å². The van der Waals surface area contributed by atoms with E-state index in [9.17, 15) is 0 Å². The number of nitrogens with zero attached hydrogens (tertiary/aromatic N) is 4. The molecule has 0 amide bonds. The Morgan fingerprint density at radius 3 is 2.56 bits per heavy atom. The van der Waals surface area contributed by atoms with Gasteiger partial charge in [0.25, 0.3) is 0 Å². The van der Waals surface area contributed by atoms with Gasteiger partial charge in [0.2, 0.25) is 0 Å². The van der Waals surface area contributed by atoms with E-state index in [1.54, 1.807) is 6.26 Å². The summed E-state index contributed by atoms with van der Waals surface area (Å²) < 4.78 is 4.90. The number of guanidine groups is 1. The summed E-state index contributed by atoms with van der Waals surface area (Å²) in [6.45, 7) is 6.65. The van der Waals surface area contributed by atoms with Crippen molar-refractivity contribution in [1.82, 2.24) is 20.3 Å². The summed E-state index contributed by atoms with van der Waals surface area (Å²) in [6, 6.07) is 12.2. The van der Waals surface area contributed by atoms with Crippen LogP contribution in [0, 0.1) is 0 Å². The molecule has 0 aliphatic carbocycles. The molecule has 0 saturated carbocycles. The Labute approximate surface area is 178 Å². The van der Waals surface area contributed by atoms with Gasteiger partial charge in [0.05, 0.1) is 5.69 Å². The van der Waals surface area contributed by atoms with Gasteiger partial charge in [-0.05, 0) is 18.6 Å². The largest absolute Gasteiger partial charge is 0.385 e. The maximum absolute atomic E-state index is 4.90. The molecule has 1 aliphatic heterocycles. The van der Waals surface area contributed by atoms with Crippen LogP contribution < -0.4 is 10.6 Å². The molecule has 1 fully saturated rings. The number of para-hydroxylation sites is 1. The maximum Gasteiger partial charge on any atom is 0.193 e. The van der Waals surface area contributed by atoms with Crippen LogP contribution in [-0.2, 0) is 6.54 Å². The van der Waals surface area contributed by atoms with E-state index in [-0.39, 0.29) is 24.0 Å². The normalized spacial score (nSPS) is 15.3. The predicted molar refractivity (Wildman–Crippen MR) is 120 cm³/mol. The number of rotatable bonds is 7. The van der Waals surface area contributed by atoms with Crippen molar-refractivity contribution in [3.05, 3.63) is 48.4 Å². The first-order chi connectivity index (χ1) is 12.8. The molecule has 1 aliphatic rings. The molecule has 148 valence electrons. The first-order valence-electron chi connectivity index (χ1n) is 9.21. The molecule has 1 saturated heterocycles. The average Bonchev–Trinajstić information content (AvgIpc) is 3.19. The summed E-state index contributed by atoms with van der Waals surface area (Å²) >= 11 is 0. The standard InChI is InChI=1S/C19H28N6O.HI/c1-20-19(22-10-5-9-21-17-6-3-2-4-7-17)25-13-11-24(12-14-25)16-18-8-15-26-23-18;/h2-4,6-8,15,21H,5,9-14,16H2,1H3,(H,20,22);1H. The zero-order valence-electron chi connectivity index (χ0n) is 15.8. The minimum Gasteiger partial charge on any atom is -0.385 e. The SMILES string of the molecule is CN=C(NCCCNc1ccccc1)N1CCN(Cc2ccon2)CC1.I. The van der Waals surface area contributed by atoms with Gasteiger partial charge < -0.3 is 20.1 Å². The highest BCUT2D eigenvalue weighted by molar-refractivity contribution is 14.0. The first kappa shape index (κ1) is 21.5. The Morgan fingerprint density at radius 1 is 1.11 bits per heavy atom. The quantitative estimate of drug-likeness (QED) is 0.273. The van der Waals surface area contributed by atoms with Crippen LogP contribution in [0.2, 0.25) is 0 Å². The lowest BCUT2D eigenvalue weighted by molar-refractivity contribution is 0.169. The minimum atomic E-state index is 0. The van der Waals surface area contributed by atoms with E-state index >= 15 is 0 Å². The van der Waals surface area contributed by atoms with Crippen LogP contribution in [0.4, 0.5) is 5.69 Å². The third kappa shape index (κ3) is 7.02. The van der Waals surface area contributed by atoms with Crippen molar-refractivity contribution in [1.29, 1.82) is 0 Å². The molecule has 0 spiro atoms. The van der Waals surface area contributed by atoms with Gasteiger partial charge in [0.15, 0.2) is 5.96 Å². The van der Waals surface area contributed by atoms with Gasteiger partial charge in [0.1, 0.15) is 6.26 Å². The molecule has 3 rings (SSSR count). The zero-order chi connectivity index (χ0) is 18.0. The van der Waals surface area contributed by atoms with Crippen molar-refractivity contribution in [2.75, 3.05) is 51.6 Å². The highest BCUT2D eigenvalue weighted by atomic mass is 127. The Kier molecular flexibility index (Phi) is 9.40. The van der Waals surface area contributed by atoms with Crippen LogP contribution in [0.1, 0.15) is 12.1 Å². The number of nitrogens with one attached hydrogen (secondary N) is 2. The van der Waals surface area contributed by atoms with Crippen LogP contribution in [0.15, 0.2) is 52.2 Å². The lowest BCUT2D eigenvalue weighted by Crippen LogP contribution is -2.52. The minimum absolute atomic E-state index is 0. The zero-order valence-corrected chi connectivity index (χ0v) is 18.1. The topological polar surface area (TPSA) is 68.9 Å². The predicted octanol–water partition coefficient (Wildman–Crippen LogP) is 2.49. The second kappa shape index (κ2) is 11.8. The molecule has 1 aromatic carbocycles. The van der Waals surface area contributed by atoms with E-state index in [0.29, 0.717) is 0 Å². The lowest BCUT2D eigenvalue weighted by Gasteiger charge is -2.36. The van der Waals surface area contributed by atoms with Gasteiger partial charge in [-0.15, -0.1) is 24.0 Å². The van der Waals surface area contributed by atoms with E-state index in [1.807, 2.05) is 31.3 Å². The van der Waals surface area contributed by atoms with Gasteiger partial charge in [-0.1, -0.05) is 23.4 Å². The Hall–Kier alpha value is -1.81. The lowest BCUT2D eigenvalue weighted by atomic mass is 10.3. The van der Waals surface area contributed by atoms with Gasteiger partial charge in [-0.25, -0.2) is 0 Å². The molecule has 2 N–H and O–H groups in total. The monoisotopic (exact) mass is 484 g/mol. The molecule has 27 heavy (non-hydrogen) atoms. The summed E-state index contributed by atoms with van der Waals surface area (Å²) in [5.41, 5.74) is 2.16. The van der Waals surface area contributed by atoms with Crippen molar-refractivity contribution in [2.24, 2.45) is 4.99 Å². The summed E-state index contributed by atoms with van der Waals surface area (Å²) in [5.74, 6) is 0.991. The summed E-state index contributed by atoms with van der Waals surface area (Å²) in [5, 5.41) is 10.9. The highest BCUT2D eigenvalue weighted by Gasteiger charge is 2.19. The molecule has 8 heteroatoms. The van der Waals surface area contributed by atoms with E-state index in [4.69, 9.17) is 4.52 Å². The van der Waals surface area contributed by atoms with Gasteiger partial charge in [0, 0.05) is 64.6 Å². The Balaban J connectivity index is 0.00000261. The second-order valence-corrected chi connectivity index (χ2v) is 6.37. The molecule has 7 nitrogen and oxygen atoms in total. The van der Waals surface area contributed by atoms with Gasteiger partial charge in [-0.3, -0.25) is 9.89 Å². The number of halogens is 1. The fourth-order valence-electron chi connectivity index (χ4n) is 3.08. The van der Waals surface area contributed by atoms with Crippen molar-refractivity contribution in [3.8, 4) is 0 Å². The van der Waals surface area contributed by atoms with Crippen LogP contribution in [0.3, 0.4) is 0 Å². The number of anilines is 1. The maximum atomic E-state index is 4.90. The van der Waals surface area contributed by atoms with Crippen LogP contribution >= 0.6 is 24.0 Å². The third-order valence-electron chi connectivity index (χ3n) is 4.50.